The second kappa shape index (κ2) is 5.86. The first-order valence-electron chi connectivity index (χ1n) is 4.22. The molecule has 0 aliphatic rings. The van der Waals surface area contributed by atoms with Gasteiger partial charge in [0, 0.05) is 0 Å². The molecule has 1 radical (unpaired) electrons. The van der Waals surface area contributed by atoms with Gasteiger partial charge in [-0.3, -0.25) is 0 Å². The number of carbonyl (C=O) groups excluding carboxylic acids is 1. The van der Waals surface area contributed by atoms with Gasteiger partial charge < -0.3 is 9.47 Å². The molecule has 3 heteroatoms. The third kappa shape index (κ3) is 6.01. The Bertz CT molecular complexity index is 132. The molecule has 0 aromatic carbocycles. The Balaban J connectivity index is 3.44. The van der Waals surface area contributed by atoms with E-state index in [-0.39, 0.29) is 6.10 Å². The molecule has 0 aromatic rings. The molecule has 0 aromatic heterocycles. The summed E-state index contributed by atoms with van der Waals surface area (Å²) in [6.07, 6.45) is 0.0138. The maximum absolute atomic E-state index is 10.8. The average Bonchev–Trinajstić information content (AvgIpc) is 1.99. The Labute approximate surface area is 74.0 Å². The highest BCUT2D eigenvalue weighted by Gasteiger charge is 2.08. The summed E-state index contributed by atoms with van der Waals surface area (Å²) in [5.41, 5.74) is 0. The van der Waals surface area contributed by atoms with E-state index >= 15 is 0 Å². The van der Waals surface area contributed by atoms with E-state index in [1.807, 2.05) is 13.8 Å². The van der Waals surface area contributed by atoms with Crippen LogP contribution in [0, 0.1) is 12.8 Å². The van der Waals surface area contributed by atoms with Gasteiger partial charge in [-0.25, -0.2) is 4.79 Å². The normalized spacial score (nSPS) is 12.8. The second-order valence-electron chi connectivity index (χ2n) is 3.00. The summed E-state index contributed by atoms with van der Waals surface area (Å²) < 4.78 is 9.48. The standard InChI is InChI=1S/C9H17O3/c1-5-8(4)6-11-9(10)12-7(2)3/h7-8H,2,5-6H2,1,3-4H3. The lowest BCUT2D eigenvalue weighted by molar-refractivity contribution is 0.0327. The minimum atomic E-state index is -0.627. The van der Waals surface area contributed by atoms with Crippen LogP contribution in [0.5, 0.6) is 0 Å². The molecule has 0 saturated heterocycles. The van der Waals surface area contributed by atoms with Crippen molar-refractivity contribution in [2.75, 3.05) is 6.61 Å². The first-order chi connectivity index (χ1) is 5.56. The molecule has 0 amide bonds. The van der Waals surface area contributed by atoms with E-state index in [0.717, 1.165) is 6.42 Å². The number of ether oxygens (including phenoxy) is 2. The maximum Gasteiger partial charge on any atom is 0.508 e. The molecule has 3 nitrogen and oxygen atoms in total. The van der Waals surface area contributed by atoms with E-state index < -0.39 is 6.16 Å². The number of carbonyl (C=O) groups is 1. The van der Waals surface area contributed by atoms with Gasteiger partial charge >= 0.3 is 6.16 Å². The highest BCUT2D eigenvalue weighted by molar-refractivity contribution is 5.60. The molecule has 0 saturated carbocycles. The van der Waals surface area contributed by atoms with Crippen LogP contribution in [0.4, 0.5) is 4.79 Å². The van der Waals surface area contributed by atoms with Crippen LogP contribution in [0.15, 0.2) is 0 Å². The first-order valence-corrected chi connectivity index (χ1v) is 4.22. The van der Waals surface area contributed by atoms with Crippen LogP contribution in [0.3, 0.4) is 0 Å². The van der Waals surface area contributed by atoms with Crippen LogP contribution in [0.25, 0.3) is 0 Å². The molecule has 0 N–H and O–H groups in total. The summed E-state index contributed by atoms with van der Waals surface area (Å²) in [5.74, 6) is 0.387. The summed E-state index contributed by atoms with van der Waals surface area (Å²) in [4.78, 5) is 10.8. The van der Waals surface area contributed by atoms with Crippen molar-refractivity contribution in [2.24, 2.45) is 5.92 Å². The molecule has 0 fully saturated rings. The Hall–Kier alpha value is -0.730. The van der Waals surface area contributed by atoms with Crippen LogP contribution < -0.4 is 0 Å². The van der Waals surface area contributed by atoms with Crippen LogP contribution in [0.2, 0.25) is 0 Å². The lowest BCUT2D eigenvalue weighted by atomic mass is 10.1. The summed E-state index contributed by atoms with van der Waals surface area (Å²) in [6.45, 7) is 9.67. The van der Waals surface area contributed by atoms with Gasteiger partial charge in [-0.1, -0.05) is 20.3 Å². The molecule has 0 heterocycles. The lowest BCUT2D eigenvalue weighted by Gasteiger charge is -2.11. The zero-order chi connectivity index (χ0) is 9.56. The molecule has 0 bridgehead atoms. The van der Waals surface area contributed by atoms with Crippen molar-refractivity contribution in [1.29, 1.82) is 0 Å². The van der Waals surface area contributed by atoms with Gasteiger partial charge in [-0.05, 0) is 19.8 Å². The van der Waals surface area contributed by atoms with Crippen molar-refractivity contribution in [2.45, 2.75) is 33.3 Å². The molecule has 0 aliphatic heterocycles. The zero-order valence-electron chi connectivity index (χ0n) is 8.00. The molecule has 2 atom stereocenters. The van der Waals surface area contributed by atoms with Crippen LogP contribution in [-0.2, 0) is 9.47 Å². The Morgan fingerprint density at radius 2 is 2.08 bits per heavy atom. The number of rotatable bonds is 4. The maximum atomic E-state index is 10.8. The van der Waals surface area contributed by atoms with Gasteiger partial charge in [-0.15, -0.1) is 0 Å². The summed E-state index contributed by atoms with van der Waals surface area (Å²) in [5, 5.41) is 0. The fourth-order valence-corrected chi connectivity index (χ4v) is 0.526. The highest BCUT2D eigenvalue weighted by atomic mass is 16.7. The van der Waals surface area contributed by atoms with Crippen LogP contribution in [0.1, 0.15) is 27.2 Å². The molecule has 12 heavy (non-hydrogen) atoms. The number of hydrogen-bond donors (Lipinski definition) is 0. The van der Waals surface area contributed by atoms with Gasteiger partial charge in [0.2, 0.25) is 0 Å². The topological polar surface area (TPSA) is 35.5 Å². The predicted molar refractivity (Wildman–Crippen MR) is 46.7 cm³/mol. The third-order valence-electron chi connectivity index (χ3n) is 1.48. The van der Waals surface area contributed by atoms with E-state index in [9.17, 15) is 4.79 Å². The predicted octanol–water partition coefficient (Wildman–Crippen LogP) is 2.41. The van der Waals surface area contributed by atoms with Crippen LogP contribution >= 0.6 is 0 Å². The van der Waals surface area contributed by atoms with Crippen LogP contribution in [-0.4, -0.2) is 18.9 Å². The van der Waals surface area contributed by atoms with E-state index in [0.29, 0.717) is 12.5 Å². The average molecular weight is 173 g/mol. The molecule has 0 aliphatic carbocycles. The largest absolute Gasteiger partial charge is 0.508 e. The quantitative estimate of drug-likeness (QED) is 0.612. The fourth-order valence-electron chi connectivity index (χ4n) is 0.526. The van der Waals surface area contributed by atoms with Gasteiger partial charge in [0.05, 0.1) is 6.61 Å². The van der Waals surface area contributed by atoms with Crippen molar-refractivity contribution in [3.8, 4) is 0 Å². The van der Waals surface area contributed by atoms with E-state index in [2.05, 4.69) is 11.7 Å². The smallest absolute Gasteiger partial charge is 0.434 e. The summed E-state index contributed by atoms with van der Waals surface area (Å²) >= 11 is 0. The van der Waals surface area contributed by atoms with Crippen molar-refractivity contribution in [3.63, 3.8) is 0 Å². The van der Waals surface area contributed by atoms with Gasteiger partial charge in [0.25, 0.3) is 0 Å². The summed E-state index contributed by atoms with van der Waals surface area (Å²) in [6, 6.07) is 0. The molecule has 0 spiro atoms. The van der Waals surface area contributed by atoms with Gasteiger partial charge in [0.15, 0.2) is 0 Å². The Morgan fingerprint density at radius 1 is 1.50 bits per heavy atom. The Morgan fingerprint density at radius 3 is 2.50 bits per heavy atom. The minimum absolute atomic E-state index is 0.352. The third-order valence-corrected chi connectivity index (χ3v) is 1.48. The molecular formula is C9H17O3. The lowest BCUT2D eigenvalue weighted by Crippen LogP contribution is -2.16. The van der Waals surface area contributed by atoms with Crippen molar-refractivity contribution >= 4 is 6.16 Å². The molecule has 71 valence electrons. The fraction of sp³-hybridized carbons (Fsp3) is 0.778. The van der Waals surface area contributed by atoms with E-state index in [1.165, 1.54) is 0 Å². The van der Waals surface area contributed by atoms with Gasteiger partial charge in [0.1, 0.15) is 6.10 Å². The number of hydrogen-bond acceptors (Lipinski definition) is 3. The molecule has 0 rings (SSSR count). The highest BCUT2D eigenvalue weighted by Crippen LogP contribution is 2.02. The minimum Gasteiger partial charge on any atom is -0.434 e. The molecule has 2 unspecified atom stereocenters. The van der Waals surface area contributed by atoms with E-state index in [1.54, 1.807) is 6.92 Å². The van der Waals surface area contributed by atoms with Crippen molar-refractivity contribution in [3.05, 3.63) is 6.92 Å². The second-order valence-corrected chi connectivity index (χ2v) is 3.00. The van der Waals surface area contributed by atoms with Crippen molar-refractivity contribution < 1.29 is 14.3 Å². The Kier molecular flexibility index (Phi) is 5.51. The van der Waals surface area contributed by atoms with Crippen molar-refractivity contribution in [1.82, 2.24) is 0 Å². The molecular weight excluding hydrogens is 156 g/mol. The van der Waals surface area contributed by atoms with Gasteiger partial charge in [-0.2, -0.15) is 0 Å². The van der Waals surface area contributed by atoms with E-state index in [4.69, 9.17) is 4.74 Å². The monoisotopic (exact) mass is 173 g/mol. The zero-order valence-corrected chi connectivity index (χ0v) is 8.00. The SMILES string of the molecule is [CH2]C(C)OC(=O)OCC(C)CC. The first kappa shape index (κ1) is 11.3. The summed E-state index contributed by atoms with van der Waals surface area (Å²) in [7, 11) is 0.